The van der Waals surface area contributed by atoms with Gasteiger partial charge in [-0.25, -0.2) is 13.2 Å². The van der Waals surface area contributed by atoms with Crippen molar-refractivity contribution in [3.05, 3.63) is 46.8 Å². The lowest BCUT2D eigenvalue weighted by Gasteiger charge is -2.14. The first kappa shape index (κ1) is 14.9. The highest BCUT2D eigenvalue weighted by Gasteiger charge is 2.39. The number of hydrogen-bond donors (Lipinski definition) is 0. The summed E-state index contributed by atoms with van der Waals surface area (Å²) in [6.07, 6.45) is 3.10. The van der Waals surface area contributed by atoms with E-state index in [1.54, 1.807) is 12.1 Å². The van der Waals surface area contributed by atoms with Gasteiger partial charge in [-0.15, -0.1) is 0 Å². The molecular weight excluding hydrogens is 302 g/mol. The normalized spacial score (nSPS) is 18.6. The summed E-state index contributed by atoms with van der Waals surface area (Å²) in [6.45, 7) is 1.82. The molecule has 0 bridgehead atoms. The summed E-state index contributed by atoms with van der Waals surface area (Å²) < 4.78 is 31.0. The summed E-state index contributed by atoms with van der Waals surface area (Å²) in [7, 11) is -3.95. The van der Waals surface area contributed by atoms with Crippen molar-refractivity contribution in [2.45, 2.75) is 37.5 Å². The van der Waals surface area contributed by atoms with Gasteiger partial charge in [0.15, 0.2) is 0 Å². The maximum Gasteiger partial charge on any atom is 0.429 e. The highest BCUT2D eigenvalue weighted by Crippen LogP contribution is 2.28. The number of sulfonamides is 1. The molecule has 2 aliphatic rings. The Balaban J connectivity index is 2.05. The van der Waals surface area contributed by atoms with Crippen molar-refractivity contribution in [2.24, 2.45) is 0 Å². The molecule has 2 fully saturated rings. The largest absolute Gasteiger partial charge is 0.441 e. The van der Waals surface area contributed by atoms with Crippen LogP contribution in [-0.2, 0) is 14.8 Å². The number of nitrogens with zero attached hydrogens (tertiary/aromatic N) is 1. The van der Waals surface area contributed by atoms with Crippen LogP contribution in [0.1, 0.15) is 31.2 Å². The molecule has 1 aliphatic heterocycles. The predicted molar refractivity (Wildman–Crippen MR) is 80.6 cm³/mol. The first-order valence-corrected chi connectivity index (χ1v) is 8.69. The highest BCUT2D eigenvalue weighted by atomic mass is 32.2. The summed E-state index contributed by atoms with van der Waals surface area (Å²) in [4.78, 5) is 12.0. The summed E-state index contributed by atoms with van der Waals surface area (Å²) in [5.41, 5.74) is 5.36. The second-order valence-corrected chi connectivity index (χ2v) is 7.31. The van der Waals surface area contributed by atoms with Crippen LogP contribution in [0.4, 0.5) is 4.79 Å². The third-order valence-electron chi connectivity index (χ3n) is 3.83. The maximum absolute atomic E-state index is 12.7. The number of benzene rings is 1. The highest BCUT2D eigenvalue weighted by molar-refractivity contribution is 7.89. The number of cyclic esters (lactones) is 1. The number of hydrogen-bond acceptors (Lipinski definition) is 4. The molecule has 0 radical (unpaired) electrons. The van der Waals surface area contributed by atoms with E-state index < -0.39 is 16.1 Å². The zero-order valence-corrected chi connectivity index (χ0v) is 13.1. The topological polar surface area (TPSA) is 63.7 Å². The Kier molecular flexibility index (Phi) is 3.81. The molecule has 1 aliphatic carbocycles. The van der Waals surface area contributed by atoms with Gasteiger partial charge in [0.05, 0.1) is 4.90 Å². The Morgan fingerprint density at radius 1 is 1.14 bits per heavy atom. The van der Waals surface area contributed by atoms with E-state index in [2.05, 4.69) is 5.73 Å². The van der Waals surface area contributed by atoms with Gasteiger partial charge in [0.2, 0.25) is 0 Å². The molecule has 1 saturated heterocycles. The van der Waals surface area contributed by atoms with Gasteiger partial charge < -0.3 is 4.74 Å². The lowest BCUT2D eigenvalue weighted by molar-refractivity contribution is 0.170. The van der Waals surface area contributed by atoms with Gasteiger partial charge in [0.25, 0.3) is 10.0 Å². The van der Waals surface area contributed by atoms with Crippen molar-refractivity contribution in [1.82, 2.24) is 4.31 Å². The van der Waals surface area contributed by atoms with Gasteiger partial charge in [-0.1, -0.05) is 23.4 Å². The van der Waals surface area contributed by atoms with E-state index >= 15 is 0 Å². The van der Waals surface area contributed by atoms with Gasteiger partial charge in [-0.05, 0) is 50.3 Å². The van der Waals surface area contributed by atoms with Crippen molar-refractivity contribution >= 4 is 16.1 Å². The van der Waals surface area contributed by atoms with Gasteiger partial charge in [0.1, 0.15) is 12.3 Å². The number of aryl methyl sites for hydroxylation is 1. The second kappa shape index (κ2) is 5.63. The molecule has 0 atom stereocenters. The Bertz CT molecular complexity index is 763. The smallest absolute Gasteiger partial charge is 0.429 e. The van der Waals surface area contributed by atoms with Crippen LogP contribution in [0.3, 0.4) is 0 Å². The molecule has 0 N–H and O–H groups in total. The number of carbonyl (C=O) groups excluding carboxylic acids is 1. The average Bonchev–Trinajstić information content (AvgIpc) is 3.10. The Morgan fingerprint density at radius 3 is 2.41 bits per heavy atom. The quantitative estimate of drug-likeness (QED) is 0.786. The summed E-state index contributed by atoms with van der Waals surface area (Å²) in [6, 6.07) is 6.40. The zero-order valence-electron chi connectivity index (χ0n) is 12.3. The lowest BCUT2D eigenvalue weighted by atomic mass is 10.2. The summed E-state index contributed by atoms with van der Waals surface area (Å²) >= 11 is 0. The minimum atomic E-state index is -3.95. The Hall–Kier alpha value is -2.04. The van der Waals surface area contributed by atoms with E-state index in [0.29, 0.717) is 0 Å². The SMILES string of the molecule is Cc1ccc(S(=O)(=O)N2C(=O)OCC2=C=C2CCCC2)cc1. The number of amides is 1. The van der Waals surface area contributed by atoms with Crippen LogP contribution < -0.4 is 0 Å². The van der Waals surface area contributed by atoms with Gasteiger partial charge >= 0.3 is 6.09 Å². The predicted octanol–water partition coefficient (Wildman–Crippen LogP) is 3.12. The van der Waals surface area contributed by atoms with Crippen LogP contribution in [0.5, 0.6) is 0 Å². The molecule has 22 heavy (non-hydrogen) atoms. The Labute approximate surface area is 129 Å². The summed E-state index contributed by atoms with van der Waals surface area (Å²) in [5, 5.41) is 0. The molecule has 0 aromatic heterocycles. The van der Waals surface area contributed by atoms with Crippen LogP contribution in [0.2, 0.25) is 0 Å². The molecule has 0 unspecified atom stereocenters. The minimum Gasteiger partial charge on any atom is -0.441 e. The van der Waals surface area contributed by atoms with E-state index in [-0.39, 0.29) is 17.2 Å². The first-order valence-electron chi connectivity index (χ1n) is 7.25. The molecule has 1 heterocycles. The number of ether oxygens (including phenoxy) is 1. The lowest BCUT2D eigenvalue weighted by Crippen LogP contribution is -2.30. The number of rotatable bonds is 2. The van der Waals surface area contributed by atoms with Gasteiger partial charge in [-0.2, -0.15) is 4.31 Å². The number of carbonyl (C=O) groups is 1. The van der Waals surface area contributed by atoms with Gasteiger partial charge in [0, 0.05) is 0 Å². The van der Waals surface area contributed by atoms with E-state index in [4.69, 9.17) is 4.74 Å². The van der Waals surface area contributed by atoms with E-state index in [1.807, 2.05) is 6.92 Å². The molecule has 1 aromatic carbocycles. The molecule has 1 amide bonds. The van der Waals surface area contributed by atoms with Crippen LogP contribution in [0, 0.1) is 6.92 Å². The fourth-order valence-corrected chi connectivity index (χ4v) is 3.96. The van der Waals surface area contributed by atoms with Crippen molar-refractivity contribution < 1.29 is 17.9 Å². The standard InChI is InChI=1S/C16H17NO4S/c1-12-6-8-15(9-7-12)22(19,20)17-14(11-21-16(17)18)10-13-4-2-3-5-13/h6-9H,2-5,11H2,1H3. The molecular formula is C16H17NO4S. The van der Waals surface area contributed by atoms with Crippen LogP contribution in [-0.4, -0.2) is 25.4 Å². The third-order valence-corrected chi connectivity index (χ3v) is 5.55. The minimum absolute atomic E-state index is 0.0482. The second-order valence-electron chi connectivity index (χ2n) is 5.52. The fourth-order valence-electron chi connectivity index (χ4n) is 2.63. The van der Waals surface area contributed by atoms with E-state index in [9.17, 15) is 13.2 Å². The summed E-state index contributed by atoms with van der Waals surface area (Å²) in [5.74, 6) is 0. The van der Waals surface area contributed by atoms with Crippen LogP contribution in [0.15, 0.2) is 46.2 Å². The van der Waals surface area contributed by atoms with Crippen molar-refractivity contribution in [3.8, 4) is 0 Å². The monoisotopic (exact) mass is 319 g/mol. The molecule has 0 spiro atoms. The fraction of sp³-hybridized carbons (Fsp3) is 0.375. The van der Waals surface area contributed by atoms with Crippen LogP contribution >= 0.6 is 0 Å². The first-order chi connectivity index (χ1) is 10.5. The van der Waals surface area contributed by atoms with E-state index in [1.165, 1.54) is 12.1 Å². The van der Waals surface area contributed by atoms with Crippen molar-refractivity contribution in [2.75, 3.05) is 6.61 Å². The van der Waals surface area contributed by atoms with Crippen molar-refractivity contribution in [1.29, 1.82) is 0 Å². The van der Waals surface area contributed by atoms with E-state index in [0.717, 1.165) is 41.1 Å². The average molecular weight is 319 g/mol. The molecule has 1 saturated carbocycles. The van der Waals surface area contributed by atoms with Gasteiger partial charge in [-0.3, -0.25) is 0 Å². The molecule has 5 nitrogen and oxygen atoms in total. The van der Waals surface area contributed by atoms with Crippen molar-refractivity contribution in [3.63, 3.8) is 0 Å². The maximum atomic E-state index is 12.7. The Morgan fingerprint density at radius 2 is 1.77 bits per heavy atom. The van der Waals surface area contributed by atoms with Crippen LogP contribution in [0.25, 0.3) is 0 Å². The molecule has 6 heteroatoms. The third kappa shape index (κ3) is 2.67. The molecule has 3 rings (SSSR count). The molecule has 116 valence electrons. The zero-order chi connectivity index (χ0) is 15.7. The molecule has 1 aromatic rings.